The van der Waals surface area contributed by atoms with Gasteiger partial charge in [0.2, 0.25) is 0 Å². The molecular weight excluding hydrogens is 338 g/mol. The Morgan fingerprint density at radius 1 is 1.11 bits per heavy atom. The maximum atomic E-state index is 12.7. The van der Waals surface area contributed by atoms with Gasteiger partial charge in [-0.1, -0.05) is 41.1 Å². The minimum Gasteiger partial charge on any atom is -0.356 e. The lowest BCUT2D eigenvalue weighted by molar-refractivity contribution is 0.191. The zero-order valence-corrected chi connectivity index (χ0v) is 16.2. The van der Waals surface area contributed by atoms with E-state index in [1.54, 1.807) is 4.90 Å². The number of rotatable bonds is 5. The van der Waals surface area contributed by atoms with Gasteiger partial charge >= 0.3 is 6.03 Å². The number of nitrogens with one attached hydrogen (secondary N) is 1. The molecule has 0 fully saturated rings. The van der Waals surface area contributed by atoms with Crippen LogP contribution >= 0.6 is 0 Å². The van der Waals surface area contributed by atoms with Crippen LogP contribution in [0.3, 0.4) is 0 Å². The van der Waals surface area contributed by atoms with Crippen LogP contribution in [0.15, 0.2) is 59.1 Å². The van der Waals surface area contributed by atoms with E-state index < -0.39 is 0 Å². The van der Waals surface area contributed by atoms with Gasteiger partial charge in [0, 0.05) is 23.4 Å². The average Bonchev–Trinajstić information content (AvgIpc) is 3.10. The first-order valence-electron chi connectivity index (χ1n) is 9.10. The Labute approximate surface area is 160 Å². The summed E-state index contributed by atoms with van der Waals surface area (Å²) < 4.78 is 5.56. The van der Waals surface area contributed by atoms with Gasteiger partial charge < -0.3 is 14.7 Å². The number of carbonyl (C=O) groups excluding carboxylic acids is 1. The van der Waals surface area contributed by atoms with Gasteiger partial charge in [-0.05, 0) is 51.5 Å². The number of aryl methyl sites for hydroxylation is 2. The summed E-state index contributed by atoms with van der Waals surface area (Å²) in [6.45, 7) is 8.44. The number of nitrogens with zero attached hydrogens (tertiary/aromatic N) is 2. The summed E-state index contributed by atoms with van der Waals surface area (Å²) in [5.74, 6) is 0.721. The van der Waals surface area contributed by atoms with Crippen LogP contribution in [0.4, 0.5) is 10.5 Å². The van der Waals surface area contributed by atoms with Crippen molar-refractivity contribution in [3.63, 3.8) is 0 Å². The van der Waals surface area contributed by atoms with Crippen molar-refractivity contribution in [3.05, 3.63) is 71.4 Å². The van der Waals surface area contributed by atoms with Crippen molar-refractivity contribution in [2.45, 2.75) is 40.3 Å². The highest BCUT2D eigenvalue weighted by molar-refractivity contribution is 5.89. The van der Waals surface area contributed by atoms with Crippen LogP contribution in [0, 0.1) is 13.8 Å². The van der Waals surface area contributed by atoms with Crippen molar-refractivity contribution < 1.29 is 9.32 Å². The van der Waals surface area contributed by atoms with E-state index in [1.165, 1.54) is 5.56 Å². The molecule has 1 N–H and O–H groups in total. The van der Waals surface area contributed by atoms with E-state index in [1.807, 2.05) is 57.2 Å². The van der Waals surface area contributed by atoms with Crippen molar-refractivity contribution in [1.29, 1.82) is 0 Å². The zero-order chi connectivity index (χ0) is 19.4. The SMILES string of the molecule is Cc1ccc(C)c(-c2cc(CN(C(=O)Nc3ccccc3)C(C)C)no2)c1. The number of para-hydroxylation sites is 1. The number of aromatic nitrogens is 1. The van der Waals surface area contributed by atoms with E-state index in [0.29, 0.717) is 6.54 Å². The number of hydrogen-bond acceptors (Lipinski definition) is 3. The molecular formula is C22H25N3O2. The molecule has 0 saturated carbocycles. The summed E-state index contributed by atoms with van der Waals surface area (Å²) in [6.07, 6.45) is 0. The molecule has 0 aliphatic heterocycles. The molecule has 2 amide bonds. The third-order valence-corrected chi connectivity index (χ3v) is 4.46. The lowest BCUT2D eigenvalue weighted by Gasteiger charge is -2.26. The fraction of sp³-hybridized carbons (Fsp3) is 0.273. The van der Waals surface area contributed by atoms with E-state index in [4.69, 9.17) is 4.52 Å². The Bertz CT molecular complexity index is 916. The molecule has 0 atom stereocenters. The number of benzene rings is 2. The normalized spacial score (nSPS) is 10.9. The number of anilines is 1. The van der Waals surface area contributed by atoms with Gasteiger partial charge in [-0.15, -0.1) is 0 Å². The van der Waals surface area contributed by atoms with Crippen molar-refractivity contribution >= 4 is 11.7 Å². The largest absolute Gasteiger partial charge is 0.356 e. The highest BCUT2D eigenvalue weighted by Gasteiger charge is 2.20. The molecule has 1 heterocycles. The van der Waals surface area contributed by atoms with E-state index in [2.05, 4.69) is 35.6 Å². The van der Waals surface area contributed by atoms with E-state index >= 15 is 0 Å². The van der Waals surface area contributed by atoms with Crippen LogP contribution in [0.5, 0.6) is 0 Å². The minimum atomic E-state index is -0.160. The van der Waals surface area contributed by atoms with Crippen LogP contribution in [0.25, 0.3) is 11.3 Å². The number of carbonyl (C=O) groups is 1. The van der Waals surface area contributed by atoms with Crippen LogP contribution in [0.2, 0.25) is 0 Å². The summed E-state index contributed by atoms with van der Waals surface area (Å²) in [7, 11) is 0. The van der Waals surface area contributed by atoms with Gasteiger partial charge in [0.05, 0.1) is 6.54 Å². The number of amides is 2. The standard InChI is InChI=1S/C22H25N3O2/c1-15(2)25(22(26)23-18-8-6-5-7-9-18)14-19-13-21(27-24-19)20-12-16(3)10-11-17(20)4/h5-13,15H,14H2,1-4H3,(H,23,26). The van der Waals surface area contributed by atoms with E-state index in [0.717, 1.165) is 28.3 Å². The van der Waals surface area contributed by atoms with Gasteiger partial charge in [-0.2, -0.15) is 0 Å². The zero-order valence-electron chi connectivity index (χ0n) is 16.2. The average molecular weight is 363 g/mol. The van der Waals surface area contributed by atoms with Gasteiger partial charge in [0.15, 0.2) is 5.76 Å². The van der Waals surface area contributed by atoms with Crippen LogP contribution in [-0.2, 0) is 6.54 Å². The van der Waals surface area contributed by atoms with Crippen molar-refractivity contribution in [3.8, 4) is 11.3 Å². The smallest absolute Gasteiger partial charge is 0.322 e. The molecule has 0 saturated heterocycles. The third kappa shape index (κ3) is 4.56. The van der Waals surface area contributed by atoms with Gasteiger partial charge in [-0.25, -0.2) is 4.79 Å². The summed E-state index contributed by atoms with van der Waals surface area (Å²) in [4.78, 5) is 14.4. The highest BCUT2D eigenvalue weighted by Crippen LogP contribution is 2.26. The molecule has 0 aliphatic carbocycles. The second-order valence-electron chi connectivity index (χ2n) is 7.02. The molecule has 1 aromatic heterocycles. The van der Waals surface area contributed by atoms with Crippen molar-refractivity contribution in [1.82, 2.24) is 10.1 Å². The summed E-state index contributed by atoms with van der Waals surface area (Å²) in [5, 5.41) is 7.11. The van der Waals surface area contributed by atoms with Crippen LogP contribution in [-0.4, -0.2) is 22.1 Å². The topological polar surface area (TPSA) is 58.4 Å². The molecule has 3 aromatic rings. The quantitative estimate of drug-likeness (QED) is 0.660. The fourth-order valence-corrected chi connectivity index (χ4v) is 2.89. The van der Waals surface area contributed by atoms with Gasteiger partial charge in [0.25, 0.3) is 0 Å². The Morgan fingerprint density at radius 2 is 1.85 bits per heavy atom. The van der Waals surface area contributed by atoms with Crippen molar-refractivity contribution in [2.75, 3.05) is 5.32 Å². The molecule has 0 unspecified atom stereocenters. The lowest BCUT2D eigenvalue weighted by Crippen LogP contribution is -2.39. The molecule has 3 rings (SSSR count). The molecule has 27 heavy (non-hydrogen) atoms. The highest BCUT2D eigenvalue weighted by atomic mass is 16.5. The second-order valence-corrected chi connectivity index (χ2v) is 7.02. The molecule has 2 aromatic carbocycles. The summed E-state index contributed by atoms with van der Waals surface area (Å²) >= 11 is 0. The van der Waals surface area contributed by atoms with Gasteiger partial charge in [-0.3, -0.25) is 0 Å². The molecule has 140 valence electrons. The van der Waals surface area contributed by atoms with E-state index in [-0.39, 0.29) is 12.1 Å². The van der Waals surface area contributed by atoms with E-state index in [9.17, 15) is 4.79 Å². The fourth-order valence-electron chi connectivity index (χ4n) is 2.89. The van der Waals surface area contributed by atoms with Gasteiger partial charge in [0.1, 0.15) is 5.69 Å². The van der Waals surface area contributed by atoms with Crippen LogP contribution in [0.1, 0.15) is 30.7 Å². The first kappa shape index (κ1) is 18.7. The second kappa shape index (κ2) is 8.08. The maximum absolute atomic E-state index is 12.7. The van der Waals surface area contributed by atoms with Crippen molar-refractivity contribution in [2.24, 2.45) is 0 Å². The summed E-state index contributed by atoms with van der Waals surface area (Å²) in [6, 6.07) is 17.4. The first-order chi connectivity index (χ1) is 12.9. The Morgan fingerprint density at radius 3 is 2.56 bits per heavy atom. The molecule has 0 bridgehead atoms. The summed E-state index contributed by atoms with van der Waals surface area (Å²) in [5.41, 5.74) is 4.82. The molecule has 5 heteroatoms. The molecule has 5 nitrogen and oxygen atoms in total. The minimum absolute atomic E-state index is 0.0227. The maximum Gasteiger partial charge on any atom is 0.322 e. The monoisotopic (exact) mass is 363 g/mol. The molecule has 0 radical (unpaired) electrons. The molecule has 0 spiro atoms. The Hall–Kier alpha value is -3.08. The predicted octanol–water partition coefficient (Wildman–Crippen LogP) is 5.40. The lowest BCUT2D eigenvalue weighted by atomic mass is 10.0. The first-order valence-corrected chi connectivity index (χ1v) is 9.10. The Kier molecular flexibility index (Phi) is 5.60. The van der Waals surface area contributed by atoms with Crippen LogP contribution < -0.4 is 5.32 Å². The number of urea groups is 1. The predicted molar refractivity (Wildman–Crippen MR) is 108 cm³/mol. The molecule has 0 aliphatic rings. The third-order valence-electron chi connectivity index (χ3n) is 4.46. The Balaban J connectivity index is 1.77. The number of hydrogen-bond donors (Lipinski definition) is 1.